The van der Waals surface area contributed by atoms with E-state index in [0.717, 1.165) is 6.42 Å². The maximum atomic E-state index is 12.5. The van der Waals surface area contributed by atoms with Crippen molar-refractivity contribution in [2.45, 2.75) is 38.1 Å². The van der Waals surface area contributed by atoms with Crippen LogP contribution in [0, 0.1) is 11.8 Å². The third-order valence-electron chi connectivity index (χ3n) is 4.12. The number of carbonyl (C=O) groups excluding carboxylic acids is 1. The van der Waals surface area contributed by atoms with Gasteiger partial charge in [0.1, 0.15) is 6.04 Å². The van der Waals surface area contributed by atoms with Crippen molar-refractivity contribution in [2.75, 3.05) is 6.54 Å². The van der Waals surface area contributed by atoms with Gasteiger partial charge in [-0.1, -0.05) is 12.2 Å². The first-order valence-corrected chi connectivity index (χ1v) is 6.91. The van der Waals surface area contributed by atoms with Gasteiger partial charge in [0.2, 0.25) is 5.91 Å². The number of allylic oxidation sites excluding steroid dienone is 2. The van der Waals surface area contributed by atoms with Crippen LogP contribution in [0.1, 0.15) is 32.1 Å². The Morgan fingerprint density at radius 3 is 2.25 bits per heavy atom. The molecule has 0 aromatic rings. The highest BCUT2D eigenvalue weighted by atomic mass is 16.4. The molecule has 2 rings (SSSR count). The van der Waals surface area contributed by atoms with Crippen LogP contribution in [0.15, 0.2) is 12.2 Å². The number of piperidine rings is 1. The number of amides is 1. The Hall–Kier alpha value is -1.85. The fraction of sp³-hybridized carbons (Fsp3) is 0.643. The van der Waals surface area contributed by atoms with Crippen LogP contribution < -0.4 is 0 Å². The summed E-state index contributed by atoms with van der Waals surface area (Å²) in [4.78, 5) is 36.1. The minimum atomic E-state index is -1.05. The van der Waals surface area contributed by atoms with E-state index in [0.29, 0.717) is 19.3 Å². The lowest BCUT2D eigenvalue weighted by molar-refractivity contribution is -0.159. The standard InChI is InChI=1S/C14H19NO5/c16-12(9-4-2-1-3-5-9)15-8-10(13(17)18)6-7-11(15)14(19)20/h1-2,9-11H,3-8H2,(H,17,18)(H,19,20)/t9-,10+,11+/m0/s1. The van der Waals surface area contributed by atoms with Crippen molar-refractivity contribution in [1.29, 1.82) is 0 Å². The molecule has 1 saturated heterocycles. The fourth-order valence-corrected chi connectivity index (χ4v) is 2.93. The van der Waals surface area contributed by atoms with E-state index < -0.39 is 23.9 Å². The quantitative estimate of drug-likeness (QED) is 0.756. The molecule has 1 aliphatic carbocycles. The third-order valence-corrected chi connectivity index (χ3v) is 4.12. The summed E-state index contributed by atoms with van der Waals surface area (Å²) < 4.78 is 0. The number of hydrogen-bond acceptors (Lipinski definition) is 3. The van der Waals surface area contributed by atoms with Gasteiger partial charge >= 0.3 is 11.9 Å². The van der Waals surface area contributed by atoms with Crippen molar-refractivity contribution in [3.8, 4) is 0 Å². The fourth-order valence-electron chi connectivity index (χ4n) is 2.93. The van der Waals surface area contributed by atoms with Crippen LogP contribution in [-0.4, -0.2) is 45.5 Å². The number of carboxylic acid groups (broad SMARTS) is 2. The average molecular weight is 281 g/mol. The largest absolute Gasteiger partial charge is 0.481 e. The van der Waals surface area contributed by atoms with Crippen LogP contribution in [0.5, 0.6) is 0 Å². The molecule has 0 aromatic carbocycles. The van der Waals surface area contributed by atoms with E-state index in [2.05, 4.69) is 0 Å². The Bertz CT molecular complexity index is 445. The van der Waals surface area contributed by atoms with E-state index in [4.69, 9.17) is 5.11 Å². The van der Waals surface area contributed by atoms with E-state index in [9.17, 15) is 19.5 Å². The first-order chi connectivity index (χ1) is 9.50. The molecular weight excluding hydrogens is 262 g/mol. The second kappa shape index (κ2) is 6.07. The molecule has 2 aliphatic rings. The molecule has 0 spiro atoms. The Labute approximate surface area is 117 Å². The van der Waals surface area contributed by atoms with Gasteiger partial charge in [-0.05, 0) is 32.1 Å². The second-order valence-electron chi connectivity index (χ2n) is 5.44. The summed E-state index contributed by atoms with van der Waals surface area (Å²) >= 11 is 0. The van der Waals surface area contributed by atoms with E-state index in [-0.39, 0.29) is 24.8 Å². The lowest BCUT2D eigenvalue weighted by Crippen LogP contribution is -2.53. The van der Waals surface area contributed by atoms with Crippen molar-refractivity contribution in [3.63, 3.8) is 0 Å². The average Bonchev–Trinajstić information content (AvgIpc) is 2.46. The first kappa shape index (κ1) is 14.6. The molecule has 0 unspecified atom stereocenters. The van der Waals surface area contributed by atoms with Gasteiger partial charge in [0.15, 0.2) is 0 Å². The summed E-state index contributed by atoms with van der Waals surface area (Å²) in [7, 11) is 0. The van der Waals surface area contributed by atoms with Gasteiger partial charge in [-0.3, -0.25) is 9.59 Å². The summed E-state index contributed by atoms with van der Waals surface area (Å²) in [5.41, 5.74) is 0. The smallest absolute Gasteiger partial charge is 0.326 e. The Balaban J connectivity index is 2.13. The van der Waals surface area contributed by atoms with Gasteiger partial charge in [0.25, 0.3) is 0 Å². The highest BCUT2D eigenvalue weighted by Gasteiger charge is 2.40. The number of hydrogen-bond donors (Lipinski definition) is 2. The number of likely N-dealkylation sites (tertiary alicyclic amines) is 1. The Morgan fingerprint density at radius 1 is 0.950 bits per heavy atom. The molecule has 6 nitrogen and oxygen atoms in total. The molecule has 1 aliphatic heterocycles. The topological polar surface area (TPSA) is 94.9 Å². The van der Waals surface area contributed by atoms with Gasteiger partial charge in [-0.25, -0.2) is 4.79 Å². The summed E-state index contributed by atoms with van der Waals surface area (Å²) in [6.45, 7) is 0.00531. The number of nitrogens with zero attached hydrogens (tertiary/aromatic N) is 1. The van der Waals surface area contributed by atoms with E-state index in [1.54, 1.807) is 0 Å². The van der Waals surface area contributed by atoms with Crippen LogP contribution in [0.3, 0.4) is 0 Å². The van der Waals surface area contributed by atoms with Crippen LogP contribution in [0.2, 0.25) is 0 Å². The van der Waals surface area contributed by atoms with Crippen LogP contribution in [-0.2, 0) is 14.4 Å². The molecule has 0 saturated carbocycles. The van der Waals surface area contributed by atoms with Gasteiger partial charge in [-0.2, -0.15) is 0 Å². The van der Waals surface area contributed by atoms with Gasteiger partial charge in [0.05, 0.1) is 5.92 Å². The monoisotopic (exact) mass is 281 g/mol. The summed E-state index contributed by atoms with van der Waals surface area (Å²) in [6.07, 6.45) is 6.58. The zero-order valence-corrected chi connectivity index (χ0v) is 11.2. The third kappa shape index (κ3) is 3.00. The van der Waals surface area contributed by atoms with Crippen molar-refractivity contribution in [3.05, 3.63) is 12.2 Å². The summed E-state index contributed by atoms with van der Waals surface area (Å²) in [6, 6.07) is -0.885. The van der Waals surface area contributed by atoms with Gasteiger partial charge < -0.3 is 15.1 Å². The minimum Gasteiger partial charge on any atom is -0.481 e. The summed E-state index contributed by atoms with van der Waals surface area (Å²) in [5, 5.41) is 18.3. The zero-order chi connectivity index (χ0) is 14.7. The lowest BCUT2D eigenvalue weighted by atomic mass is 9.88. The minimum absolute atomic E-state index is 0.00531. The molecule has 3 atom stereocenters. The molecule has 6 heteroatoms. The van der Waals surface area contributed by atoms with Crippen molar-refractivity contribution in [2.24, 2.45) is 11.8 Å². The normalized spacial score (nSPS) is 30.0. The molecule has 0 radical (unpaired) electrons. The van der Waals surface area contributed by atoms with Crippen LogP contribution in [0.4, 0.5) is 0 Å². The van der Waals surface area contributed by atoms with Crippen LogP contribution >= 0.6 is 0 Å². The number of aliphatic carboxylic acids is 2. The maximum absolute atomic E-state index is 12.5. The molecule has 0 bridgehead atoms. The molecule has 1 heterocycles. The molecule has 110 valence electrons. The molecule has 1 amide bonds. The predicted molar refractivity (Wildman–Crippen MR) is 70.0 cm³/mol. The maximum Gasteiger partial charge on any atom is 0.326 e. The van der Waals surface area contributed by atoms with Gasteiger partial charge in [-0.15, -0.1) is 0 Å². The van der Waals surface area contributed by atoms with Crippen LogP contribution in [0.25, 0.3) is 0 Å². The lowest BCUT2D eigenvalue weighted by Gasteiger charge is -2.38. The van der Waals surface area contributed by atoms with Gasteiger partial charge in [0, 0.05) is 12.5 Å². The molecule has 20 heavy (non-hydrogen) atoms. The van der Waals surface area contributed by atoms with Crippen molar-refractivity contribution >= 4 is 17.8 Å². The van der Waals surface area contributed by atoms with E-state index in [1.165, 1.54) is 4.90 Å². The number of carboxylic acids is 2. The highest BCUT2D eigenvalue weighted by molar-refractivity contribution is 5.86. The van der Waals surface area contributed by atoms with Crippen molar-refractivity contribution in [1.82, 2.24) is 4.90 Å². The molecule has 2 N–H and O–H groups in total. The first-order valence-electron chi connectivity index (χ1n) is 6.91. The highest BCUT2D eigenvalue weighted by Crippen LogP contribution is 2.28. The number of carbonyl (C=O) groups is 3. The molecule has 0 aromatic heterocycles. The number of rotatable bonds is 3. The summed E-state index contributed by atoms with van der Waals surface area (Å²) in [5.74, 6) is -3.10. The second-order valence-corrected chi connectivity index (χ2v) is 5.44. The van der Waals surface area contributed by atoms with Crippen molar-refractivity contribution < 1.29 is 24.6 Å². The molecular formula is C14H19NO5. The predicted octanol–water partition coefficient (Wildman–Crippen LogP) is 1.12. The SMILES string of the molecule is O=C(O)[C@@H]1CC[C@H](C(=O)O)N(C(=O)[C@H]2CC=CCC2)C1. The van der Waals surface area contributed by atoms with E-state index in [1.807, 2.05) is 12.2 Å². The Morgan fingerprint density at radius 2 is 1.70 bits per heavy atom. The molecule has 1 fully saturated rings. The van der Waals surface area contributed by atoms with E-state index >= 15 is 0 Å². The Kier molecular flexibility index (Phi) is 4.42. The zero-order valence-electron chi connectivity index (χ0n) is 11.2.